The van der Waals surface area contributed by atoms with E-state index >= 15 is 0 Å². The lowest BCUT2D eigenvalue weighted by molar-refractivity contribution is -0.129. The third-order valence-electron chi connectivity index (χ3n) is 2.72. The largest absolute Gasteiger partial charge is 0.508 e. The molecular weight excluding hydrogens is 270 g/mol. The highest BCUT2D eigenvalue weighted by Gasteiger charge is 2.16. The number of thioether (sulfide) groups is 1. The van der Waals surface area contributed by atoms with Gasteiger partial charge in [-0.15, -0.1) is 11.8 Å². The molecule has 1 amide bonds. The van der Waals surface area contributed by atoms with Gasteiger partial charge in [-0.2, -0.15) is 0 Å². The predicted molar refractivity (Wildman–Crippen MR) is 85.1 cm³/mol. The number of amides is 1. The highest BCUT2D eigenvalue weighted by Crippen LogP contribution is 2.21. The first kappa shape index (κ1) is 16.9. The minimum Gasteiger partial charge on any atom is -0.508 e. The number of phenolic OH excluding ortho intramolecular Hbond substituents is 1. The highest BCUT2D eigenvalue weighted by molar-refractivity contribution is 8.00. The van der Waals surface area contributed by atoms with E-state index in [0.29, 0.717) is 17.6 Å². The van der Waals surface area contributed by atoms with Crippen molar-refractivity contribution in [1.29, 1.82) is 0 Å². The first-order valence-corrected chi connectivity index (χ1v) is 8.06. The van der Waals surface area contributed by atoms with Crippen molar-refractivity contribution in [2.45, 2.75) is 32.6 Å². The molecule has 0 unspecified atom stereocenters. The summed E-state index contributed by atoms with van der Waals surface area (Å²) in [5.41, 5.74) is 0. The first-order chi connectivity index (χ1) is 9.38. The third-order valence-corrected chi connectivity index (χ3v) is 3.72. The number of aromatic hydroxyl groups is 1. The summed E-state index contributed by atoms with van der Waals surface area (Å²) in [7, 11) is 0. The molecule has 0 saturated carbocycles. The Morgan fingerprint density at radius 1 is 1.10 bits per heavy atom. The highest BCUT2D eigenvalue weighted by atomic mass is 32.2. The second kappa shape index (κ2) is 8.20. The molecule has 0 aromatic heterocycles. The Kier molecular flexibility index (Phi) is 6.93. The molecule has 0 radical (unpaired) electrons. The number of nitrogens with zero attached hydrogens (tertiary/aromatic N) is 1. The maximum absolute atomic E-state index is 12.3. The van der Waals surface area contributed by atoms with E-state index in [1.165, 1.54) is 11.8 Å². The smallest absolute Gasteiger partial charge is 0.232 e. The number of benzene rings is 1. The molecule has 0 aliphatic carbocycles. The van der Waals surface area contributed by atoms with E-state index in [4.69, 9.17) is 0 Å². The zero-order valence-electron chi connectivity index (χ0n) is 12.8. The van der Waals surface area contributed by atoms with Crippen molar-refractivity contribution >= 4 is 17.7 Å². The molecule has 0 atom stereocenters. The number of carbonyl (C=O) groups excluding carboxylic acids is 1. The van der Waals surface area contributed by atoms with Crippen LogP contribution in [-0.4, -0.2) is 34.8 Å². The summed E-state index contributed by atoms with van der Waals surface area (Å²) in [6, 6.07) is 6.96. The van der Waals surface area contributed by atoms with E-state index < -0.39 is 0 Å². The molecule has 112 valence electrons. The Hall–Kier alpha value is -1.16. The van der Waals surface area contributed by atoms with Gasteiger partial charge in [0, 0.05) is 18.0 Å². The van der Waals surface area contributed by atoms with Gasteiger partial charge in [-0.3, -0.25) is 4.79 Å². The van der Waals surface area contributed by atoms with E-state index in [0.717, 1.165) is 18.0 Å². The fourth-order valence-corrected chi connectivity index (χ4v) is 2.74. The lowest BCUT2D eigenvalue weighted by Gasteiger charge is -2.26. The van der Waals surface area contributed by atoms with Gasteiger partial charge in [0.2, 0.25) is 5.91 Å². The molecule has 1 rings (SSSR count). The molecule has 0 aliphatic rings. The number of carbonyl (C=O) groups is 1. The van der Waals surface area contributed by atoms with Crippen LogP contribution in [0.25, 0.3) is 0 Å². The van der Waals surface area contributed by atoms with Crippen LogP contribution in [0.4, 0.5) is 0 Å². The minimum atomic E-state index is 0.186. The van der Waals surface area contributed by atoms with Crippen LogP contribution < -0.4 is 0 Å². The summed E-state index contributed by atoms with van der Waals surface area (Å²) in [5.74, 6) is 1.85. The van der Waals surface area contributed by atoms with Gasteiger partial charge >= 0.3 is 0 Å². The molecule has 1 N–H and O–H groups in total. The average Bonchev–Trinajstić information content (AvgIpc) is 2.36. The zero-order chi connectivity index (χ0) is 15.1. The van der Waals surface area contributed by atoms with Crippen molar-refractivity contribution in [1.82, 2.24) is 4.90 Å². The van der Waals surface area contributed by atoms with Crippen LogP contribution in [0.15, 0.2) is 29.2 Å². The van der Waals surface area contributed by atoms with Gasteiger partial charge in [0.15, 0.2) is 0 Å². The molecule has 0 saturated heterocycles. The SMILES string of the molecule is CC(C)CN(CC(C)C)C(=O)CSc1ccc(O)cc1. The monoisotopic (exact) mass is 295 g/mol. The van der Waals surface area contributed by atoms with Gasteiger partial charge in [0.05, 0.1) is 5.75 Å². The Morgan fingerprint density at radius 2 is 1.60 bits per heavy atom. The van der Waals surface area contributed by atoms with E-state index in [1.807, 2.05) is 17.0 Å². The Morgan fingerprint density at radius 3 is 2.05 bits per heavy atom. The fraction of sp³-hybridized carbons (Fsp3) is 0.562. The van der Waals surface area contributed by atoms with Gasteiger partial charge in [-0.05, 0) is 36.1 Å². The number of phenols is 1. The Labute approximate surface area is 126 Å². The summed E-state index contributed by atoms with van der Waals surface area (Å²) in [5, 5.41) is 9.24. The van der Waals surface area contributed by atoms with Crippen LogP contribution in [0.5, 0.6) is 5.75 Å². The molecule has 0 spiro atoms. The standard InChI is InChI=1S/C16H25NO2S/c1-12(2)9-17(10-13(3)4)16(19)11-20-15-7-5-14(18)6-8-15/h5-8,12-13,18H,9-11H2,1-4H3. The van der Waals surface area contributed by atoms with Crippen molar-refractivity contribution in [3.63, 3.8) is 0 Å². The molecule has 4 heteroatoms. The van der Waals surface area contributed by atoms with Crippen LogP contribution in [0.3, 0.4) is 0 Å². The second-order valence-electron chi connectivity index (χ2n) is 5.87. The molecule has 0 aliphatic heterocycles. The summed E-state index contributed by atoms with van der Waals surface area (Å²) in [4.78, 5) is 15.3. The van der Waals surface area contributed by atoms with Gasteiger partial charge in [0.1, 0.15) is 5.75 Å². The molecule has 20 heavy (non-hydrogen) atoms. The van der Waals surface area contributed by atoms with E-state index in [-0.39, 0.29) is 11.7 Å². The lowest BCUT2D eigenvalue weighted by atomic mass is 10.1. The molecule has 1 aromatic rings. The lowest BCUT2D eigenvalue weighted by Crippen LogP contribution is -2.38. The molecule has 3 nitrogen and oxygen atoms in total. The summed E-state index contributed by atoms with van der Waals surface area (Å²) < 4.78 is 0. The van der Waals surface area contributed by atoms with E-state index in [1.54, 1.807) is 12.1 Å². The van der Waals surface area contributed by atoms with Crippen LogP contribution in [0, 0.1) is 11.8 Å². The van der Waals surface area contributed by atoms with Gasteiger partial charge in [-0.25, -0.2) is 0 Å². The number of hydrogen-bond donors (Lipinski definition) is 1. The molecule has 1 aromatic carbocycles. The summed E-state index contributed by atoms with van der Waals surface area (Å²) in [6.45, 7) is 10.2. The summed E-state index contributed by atoms with van der Waals surface area (Å²) >= 11 is 1.52. The quantitative estimate of drug-likeness (QED) is 0.781. The van der Waals surface area contributed by atoms with Gasteiger partial charge in [0.25, 0.3) is 0 Å². The van der Waals surface area contributed by atoms with Crippen LogP contribution in [-0.2, 0) is 4.79 Å². The summed E-state index contributed by atoms with van der Waals surface area (Å²) in [6.07, 6.45) is 0. The molecular formula is C16H25NO2S. The zero-order valence-corrected chi connectivity index (χ0v) is 13.6. The van der Waals surface area contributed by atoms with Crippen molar-refractivity contribution in [2.24, 2.45) is 11.8 Å². The van der Waals surface area contributed by atoms with E-state index in [9.17, 15) is 9.90 Å². The van der Waals surface area contributed by atoms with Crippen molar-refractivity contribution in [3.05, 3.63) is 24.3 Å². The van der Waals surface area contributed by atoms with Crippen LogP contribution in [0.2, 0.25) is 0 Å². The van der Waals surface area contributed by atoms with Crippen LogP contribution >= 0.6 is 11.8 Å². The minimum absolute atomic E-state index is 0.186. The third kappa shape index (κ3) is 6.33. The van der Waals surface area contributed by atoms with Crippen molar-refractivity contribution in [2.75, 3.05) is 18.8 Å². The van der Waals surface area contributed by atoms with E-state index in [2.05, 4.69) is 27.7 Å². The number of rotatable bonds is 7. The number of hydrogen-bond acceptors (Lipinski definition) is 3. The van der Waals surface area contributed by atoms with Crippen LogP contribution in [0.1, 0.15) is 27.7 Å². The first-order valence-electron chi connectivity index (χ1n) is 7.08. The fourth-order valence-electron chi connectivity index (χ4n) is 1.94. The van der Waals surface area contributed by atoms with Gasteiger partial charge < -0.3 is 10.0 Å². The maximum Gasteiger partial charge on any atom is 0.232 e. The predicted octanol–water partition coefficient (Wildman–Crippen LogP) is 3.62. The maximum atomic E-state index is 12.3. The topological polar surface area (TPSA) is 40.5 Å². The normalized spacial score (nSPS) is 11.1. The Balaban J connectivity index is 2.54. The second-order valence-corrected chi connectivity index (χ2v) is 6.92. The van der Waals surface area contributed by atoms with Crippen molar-refractivity contribution in [3.8, 4) is 5.75 Å². The van der Waals surface area contributed by atoms with Gasteiger partial charge in [-0.1, -0.05) is 27.7 Å². The average molecular weight is 295 g/mol. The molecule has 0 fully saturated rings. The Bertz CT molecular complexity index is 405. The van der Waals surface area contributed by atoms with Crippen molar-refractivity contribution < 1.29 is 9.90 Å². The molecule has 0 heterocycles. The molecule has 0 bridgehead atoms.